The zero-order chi connectivity index (χ0) is 23.7. The molecule has 1 aliphatic carbocycles. The van der Waals surface area contributed by atoms with E-state index in [1.807, 2.05) is 43.3 Å². The van der Waals surface area contributed by atoms with Crippen molar-refractivity contribution in [2.24, 2.45) is 4.99 Å². The highest BCUT2D eigenvalue weighted by atomic mass is 32.1. The van der Waals surface area contributed by atoms with Crippen molar-refractivity contribution in [1.82, 2.24) is 0 Å². The molecule has 6 nitrogen and oxygen atoms in total. The molecule has 5 rings (SSSR count). The number of hydrogen-bond donors (Lipinski definition) is 1. The Kier molecular flexibility index (Phi) is 5.91. The van der Waals surface area contributed by atoms with E-state index in [1.165, 1.54) is 16.2 Å². The summed E-state index contributed by atoms with van der Waals surface area (Å²) >= 11 is 1.51. The molecule has 0 radical (unpaired) electrons. The number of methoxy groups -OCH3 is 1. The number of carbonyl (C=O) groups is 1. The molecule has 0 fully saturated rings. The fourth-order valence-electron chi connectivity index (χ4n) is 4.20. The highest BCUT2D eigenvalue weighted by Gasteiger charge is 2.22. The van der Waals surface area contributed by atoms with Crippen LogP contribution in [0.4, 0.5) is 10.7 Å². The molecular formula is C27H23N3O3S. The third kappa shape index (κ3) is 4.09. The van der Waals surface area contributed by atoms with E-state index in [-0.39, 0.29) is 17.0 Å². The lowest BCUT2D eigenvalue weighted by Crippen LogP contribution is -2.21. The van der Waals surface area contributed by atoms with Crippen molar-refractivity contribution in [3.8, 4) is 11.8 Å². The molecule has 4 aromatic rings. The number of nitrogens with zero attached hydrogens (tertiary/aromatic N) is 2. The van der Waals surface area contributed by atoms with Crippen molar-refractivity contribution in [3.05, 3.63) is 81.2 Å². The second-order valence-electron chi connectivity index (χ2n) is 8.28. The lowest BCUT2D eigenvalue weighted by molar-refractivity contribution is 0.102. The Morgan fingerprint density at radius 1 is 1.18 bits per heavy atom. The molecule has 0 unspecified atom stereocenters. The van der Waals surface area contributed by atoms with Gasteiger partial charge in [-0.1, -0.05) is 29.8 Å². The van der Waals surface area contributed by atoms with Gasteiger partial charge in [0.05, 0.1) is 12.7 Å². The maximum Gasteiger partial charge on any atom is 0.261 e. The lowest BCUT2D eigenvalue weighted by atomic mass is 9.96. The number of anilines is 1. The molecule has 2 aromatic carbocycles. The Bertz CT molecular complexity index is 1510. The number of ether oxygens (including phenoxy) is 1. The second-order valence-corrected chi connectivity index (χ2v) is 9.36. The van der Waals surface area contributed by atoms with E-state index < -0.39 is 0 Å². The van der Waals surface area contributed by atoms with Crippen LogP contribution in [0.3, 0.4) is 0 Å². The third-order valence-corrected chi connectivity index (χ3v) is 7.17. The number of thiophene rings is 1. The third-order valence-electron chi connectivity index (χ3n) is 5.98. The van der Waals surface area contributed by atoms with E-state index in [1.54, 1.807) is 19.2 Å². The van der Waals surface area contributed by atoms with Crippen LogP contribution in [0.1, 0.15) is 44.8 Å². The van der Waals surface area contributed by atoms with Crippen LogP contribution < -0.4 is 15.6 Å². The van der Waals surface area contributed by atoms with Crippen molar-refractivity contribution in [2.75, 3.05) is 12.4 Å². The van der Waals surface area contributed by atoms with E-state index in [2.05, 4.69) is 11.4 Å². The molecule has 2 heterocycles. The number of rotatable bonds is 4. The van der Waals surface area contributed by atoms with Gasteiger partial charge in [-0.15, -0.1) is 11.3 Å². The van der Waals surface area contributed by atoms with Gasteiger partial charge >= 0.3 is 0 Å². The van der Waals surface area contributed by atoms with Crippen LogP contribution in [0.5, 0.6) is 5.75 Å². The van der Waals surface area contributed by atoms with Crippen molar-refractivity contribution in [1.29, 1.82) is 5.26 Å². The minimum absolute atomic E-state index is 0.150. The Morgan fingerprint density at radius 3 is 2.74 bits per heavy atom. The van der Waals surface area contributed by atoms with Crippen LogP contribution in [-0.2, 0) is 12.8 Å². The molecule has 0 spiro atoms. The molecule has 7 heteroatoms. The number of carbonyl (C=O) groups excluding carboxylic acids is 1. The van der Waals surface area contributed by atoms with Crippen LogP contribution in [0.2, 0.25) is 0 Å². The smallest absolute Gasteiger partial charge is 0.261 e. The molecule has 34 heavy (non-hydrogen) atoms. The summed E-state index contributed by atoms with van der Waals surface area (Å²) in [6, 6.07) is 17.2. The summed E-state index contributed by atoms with van der Waals surface area (Å²) in [5.74, 6) is 0.210. The molecule has 0 saturated carbocycles. The van der Waals surface area contributed by atoms with E-state index >= 15 is 0 Å². The largest absolute Gasteiger partial charge is 0.493 e. The quantitative estimate of drug-likeness (QED) is 0.394. The molecule has 0 aliphatic heterocycles. The van der Waals surface area contributed by atoms with Gasteiger partial charge in [0.25, 0.3) is 5.91 Å². The van der Waals surface area contributed by atoms with Gasteiger partial charge in [0.15, 0.2) is 11.3 Å². The standard InChI is InChI=1S/C27H23N3O3S/c1-16-10-12-18(13-11-16)29-25(31)20-14-17-6-5-8-22(32-2)24(17)33-26(20)30-27-21(15-28)19-7-3-4-9-23(19)34-27/h5-6,8,10-14H,3-4,7,9H2,1-2H3,(H,29,31). The molecule has 2 aromatic heterocycles. The van der Waals surface area contributed by atoms with Gasteiger partial charge in [-0.3, -0.25) is 4.79 Å². The molecule has 1 N–H and O–H groups in total. The first-order valence-electron chi connectivity index (χ1n) is 11.2. The first-order valence-corrected chi connectivity index (χ1v) is 12.0. The molecule has 1 amide bonds. The summed E-state index contributed by atoms with van der Waals surface area (Å²) in [6.07, 6.45) is 4.01. The van der Waals surface area contributed by atoms with Gasteiger partial charge in [-0.2, -0.15) is 5.26 Å². The fraction of sp³-hybridized carbons (Fsp3) is 0.222. The Hall–Kier alpha value is -3.89. The Labute approximate surface area is 201 Å². The number of aryl methyl sites for hydroxylation is 2. The van der Waals surface area contributed by atoms with E-state index in [0.29, 0.717) is 27.6 Å². The summed E-state index contributed by atoms with van der Waals surface area (Å²) in [7, 11) is 1.57. The topological polar surface area (TPSA) is 87.6 Å². The molecule has 0 saturated heterocycles. The Balaban J connectivity index is 1.69. The van der Waals surface area contributed by atoms with Gasteiger partial charge in [0.2, 0.25) is 5.55 Å². The number of nitriles is 1. The average molecular weight is 470 g/mol. The van der Waals surface area contributed by atoms with Gasteiger partial charge in [0, 0.05) is 16.0 Å². The van der Waals surface area contributed by atoms with Crippen LogP contribution in [0, 0.1) is 18.3 Å². The Morgan fingerprint density at radius 2 is 1.97 bits per heavy atom. The SMILES string of the molecule is COc1cccc2cc(C(=O)Nc3ccc(C)cc3)c(=Nc3sc4c(c3C#N)CCCC4)oc12. The average Bonchev–Trinajstić information content (AvgIpc) is 3.21. The summed E-state index contributed by atoms with van der Waals surface area (Å²) in [5, 5.41) is 14.1. The molecule has 0 atom stereocenters. The predicted octanol–water partition coefficient (Wildman–Crippen LogP) is 6.05. The van der Waals surface area contributed by atoms with E-state index in [9.17, 15) is 10.1 Å². The maximum atomic E-state index is 13.3. The summed E-state index contributed by atoms with van der Waals surface area (Å²) < 4.78 is 11.6. The number of nitrogens with one attached hydrogen (secondary N) is 1. The normalized spacial score (nSPS) is 13.4. The minimum Gasteiger partial charge on any atom is -0.493 e. The minimum atomic E-state index is -0.337. The van der Waals surface area contributed by atoms with E-state index in [0.717, 1.165) is 42.2 Å². The van der Waals surface area contributed by atoms with Gasteiger partial charge in [0.1, 0.15) is 16.6 Å². The number of fused-ring (bicyclic) bond motifs is 2. The monoisotopic (exact) mass is 469 g/mol. The molecule has 1 aliphatic rings. The summed E-state index contributed by atoms with van der Waals surface area (Å²) in [6.45, 7) is 1.99. The predicted molar refractivity (Wildman–Crippen MR) is 133 cm³/mol. The number of amides is 1. The zero-order valence-electron chi connectivity index (χ0n) is 19.0. The van der Waals surface area contributed by atoms with Crippen molar-refractivity contribution >= 4 is 38.9 Å². The highest BCUT2D eigenvalue weighted by Crippen LogP contribution is 2.39. The summed E-state index contributed by atoms with van der Waals surface area (Å²) in [5.41, 5.74) is 4.38. The first-order chi connectivity index (χ1) is 16.6. The fourth-order valence-corrected chi connectivity index (χ4v) is 5.41. The highest BCUT2D eigenvalue weighted by molar-refractivity contribution is 7.16. The molecular weight excluding hydrogens is 446 g/mol. The summed E-state index contributed by atoms with van der Waals surface area (Å²) in [4.78, 5) is 19.3. The van der Waals surface area contributed by atoms with Crippen LogP contribution in [0.25, 0.3) is 11.0 Å². The van der Waals surface area contributed by atoms with Crippen molar-refractivity contribution < 1.29 is 13.9 Å². The number of hydrogen-bond acceptors (Lipinski definition) is 6. The zero-order valence-corrected chi connectivity index (χ0v) is 19.8. The maximum absolute atomic E-state index is 13.3. The van der Waals surface area contributed by atoms with Crippen molar-refractivity contribution in [2.45, 2.75) is 32.6 Å². The van der Waals surface area contributed by atoms with Crippen LogP contribution in [-0.4, -0.2) is 13.0 Å². The van der Waals surface area contributed by atoms with Crippen LogP contribution in [0.15, 0.2) is 57.9 Å². The van der Waals surface area contributed by atoms with Crippen LogP contribution >= 0.6 is 11.3 Å². The second kappa shape index (κ2) is 9.16. The number of para-hydroxylation sites is 1. The molecule has 170 valence electrons. The van der Waals surface area contributed by atoms with E-state index in [4.69, 9.17) is 14.1 Å². The van der Waals surface area contributed by atoms with Gasteiger partial charge in [-0.05, 0) is 62.4 Å². The van der Waals surface area contributed by atoms with Gasteiger partial charge < -0.3 is 14.5 Å². The first kappa shape index (κ1) is 21.9. The van der Waals surface area contributed by atoms with Crippen molar-refractivity contribution in [3.63, 3.8) is 0 Å². The lowest BCUT2D eigenvalue weighted by Gasteiger charge is -2.09. The molecule has 0 bridgehead atoms. The number of benzene rings is 2. The van der Waals surface area contributed by atoms with Gasteiger partial charge in [-0.25, -0.2) is 4.99 Å².